The lowest BCUT2D eigenvalue weighted by atomic mass is 9.81. The number of hydrogen-bond acceptors (Lipinski definition) is 3. The maximum atomic E-state index is 13.6. The third kappa shape index (κ3) is 7.11. The van der Waals surface area contributed by atoms with Gasteiger partial charge in [-0.25, -0.2) is 0 Å². The van der Waals surface area contributed by atoms with Crippen LogP contribution in [0.25, 0.3) is 0 Å². The summed E-state index contributed by atoms with van der Waals surface area (Å²) < 4.78 is 45.7. The fraction of sp³-hybridized carbons (Fsp3) is 0.417. The molecule has 1 N–H and O–H groups in total. The molecule has 0 bridgehead atoms. The number of benzene rings is 2. The summed E-state index contributed by atoms with van der Waals surface area (Å²) in [7, 11) is 0. The summed E-state index contributed by atoms with van der Waals surface area (Å²) in [6.07, 6.45) is -4.52. The van der Waals surface area contributed by atoms with Crippen LogP contribution in [-0.2, 0) is 19.7 Å². The quantitative estimate of drug-likeness (QED) is 0.389. The third-order valence-electron chi connectivity index (χ3n) is 5.43. The molecular weight excluding hydrogens is 478 g/mol. The molecule has 0 aliphatic rings. The van der Waals surface area contributed by atoms with E-state index in [-0.39, 0.29) is 35.3 Å². The molecule has 9 heteroatoms. The maximum Gasteiger partial charge on any atom is 0.392 e. The van der Waals surface area contributed by atoms with Crippen molar-refractivity contribution in [2.24, 2.45) is 5.92 Å². The molecule has 33 heavy (non-hydrogen) atoms. The number of carbonyl (C=O) groups is 2. The Kier molecular flexibility index (Phi) is 8.82. The van der Waals surface area contributed by atoms with Crippen LogP contribution < -0.4 is 5.32 Å². The Hall–Kier alpha value is -2.25. The number of esters is 1. The Balaban J connectivity index is 2.38. The average Bonchev–Trinajstić information content (AvgIpc) is 2.70. The van der Waals surface area contributed by atoms with E-state index in [9.17, 15) is 22.8 Å². The molecule has 0 heterocycles. The second kappa shape index (κ2) is 10.8. The summed E-state index contributed by atoms with van der Waals surface area (Å²) in [5, 5.41) is 3.05. The summed E-state index contributed by atoms with van der Waals surface area (Å²) >= 11 is 12.1. The second-order valence-corrected chi connectivity index (χ2v) is 9.25. The molecule has 0 spiro atoms. The summed E-state index contributed by atoms with van der Waals surface area (Å²) in [4.78, 5) is 25.1. The van der Waals surface area contributed by atoms with Gasteiger partial charge in [0.05, 0.1) is 35.6 Å². The standard InChI is InChI=1S/C24H26Cl2F3NO3/c1-5-33-20(31)13-23(3,4)16-8-11-18(26)19(12-16)30-22(32)21(14(2)24(27,28)29)15-6-9-17(25)10-7-15/h6-12,14,21H,5,13H2,1-4H3,(H,30,32). The molecule has 2 rings (SSSR count). The molecule has 2 aromatic rings. The highest BCUT2D eigenvalue weighted by atomic mass is 35.5. The molecule has 0 fully saturated rings. The number of rotatable bonds is 8. The van der Waals surface area contributed by atoms with Gasteiger partial charge < -0.3 is 10.1 Å². The van der Waals surface area contributed by atoms with Crippen molar-refractivity contribution in [2.45, 2.75) is 51.6 Å². The molecule has 0 saturated carbocycles. The van der Waals surface area contributed by atoms with Crippen LogP contribution in [0.3, 0.4) is 0 Å². The van der Waals surface area contributed by atoms with E-state index in [1.165, 1.54) is 30.3 Å². The molecule has 180 valence electrons. The summed E-state index contributed by atoms with van der Waals surface area (Å²) in [6, 6.07) is 10.5. The highest BCUT2D eigenvalue weighted by molar-refractivity contribution is 6.33. The van der Waals surface area contributed by atoms with Crippen molar-refractivity contribution in [2.75, 3.05) is 11.9 Å². The molecule has 0 aliphatic carbocycles. The van der Waals surface area contributed by atoms with Crippen molar-refractivity contribution in [3.8, 4) is 0 Å². The summed E-state index contributed by atoms with van der Waals surface area (Å²) in [6.45, 7) is 6.56. The molecule has 0 aliphatic heterocycles. The van der Waals surface area contributed by atoms with Gasteiger partial charge in [-0.3, -0.25) is 9.59 Å². The highest BCUT2D eigenvalue weighted by Crippen LogP contribution is 2.39. The second-order valence-electron chi connectivity index (χ2n) is 8.41. The normalized spacial score (nSPS) is 13.8. The van der Waals surface area contributed by atoms with E-state index in [1.807, 2.05) is 13.8 Å². The fourth-order valence-corrected chi connectivity index (χ4v) is 3.74. The minimum atomic E-state index is -4.60. The van der Waals surface area contributed by atoms with E-state index in [4.69, 9.17) is 27.9 Å². The largest absolute Gasteiger partial charge is 0.466 e. The first-order chi connectivity index (χ1) is 15.3. The van der Waals surface area contributed by atoms with Crippen LogP contribution in [0.4, 0.5) is 18.9 Å². The number of ether oxygens (including phenoxy) is 1. The van der Waals surface area contributed by atoms with Crippen molar-refractivity contribution < 1.29 is 27.5 Å². The number of amides is 1. The van der Waals surface area contributed by atoms with Gasteiger partial charge in [0.2, 0.25) is 5.91 Å². The van der Waals surface area contributed by atoms with Crippen molar-refractivity contribution >= 4 is 40.8 Å². The lowest BCUT2D eigenvalue weighted by Gasteiger charge is -2.27. The summed E-state index contributed by atoms with van der Waals surface area (Å²) in [5.41, 5.74) is 0.341. The van der Waals surface area contributed by atoms with Crippen LogP contribution in [0.2, 0.25) is 10.0 Å². The Morgan fingerprint density at radius 2 is 1.67 bits per heavy atom. The highest BCUT2D eigenvalue weighted by Gasteiger charge is 2.45. The molecule has 2 aromatic carbocycles. The average molecular weight is 504 g/mol. The Labute approximate surface area is 201 Å². The maximum absolute atomic E-state index is 13.6. The van der Waals surface area contributed by atoms with E-state index in [1.54, 1.807) is 19.1 Å². The first-order valence-corrected chi connectivity index (χ1v) is 11.1. The third-order valence-corrected chi connectivity index (χ3v) is 6.01. The fourth-order valence-electron chi connectivity index (χ4n) is 3.45. The number of halogens is 5. The smallest absolute Gasteiger partial charge is 0.392 e. The van der Waals surface area contributed by atoms with Crippen LogP contribution in [-0.4, -0.2) is 24.7 Å². The minimum Gasteiger partial charge on any atom is -0.466 e. The molecule has 2 atom stereocenters. The predicted octanol–water partition coefficient (Wildman–Crippen LogP) is 7.14. The van der Waals surface area contributed by atoms with Gasteiger partial charge in [-0.05, 0) is 42.3 Å². The van der Waals surface area contributed by atoms with Crippen molar-refractivity contribution in [1.82, 2.24) is 0 Å². The van der Waals surface area contributed by atoms with Crippen LogP contribution in [0, 0.1) is 5.92 Å². The SMILES string of the molecule is CCOC(=O)CC(C)(C)c1ccc(Cl)c(NC(=O)C(c2ccc(Cl)cc2)C(C)C(F)(F)F)c1. The number of anilines is 1. The van der Waals surface area contributed by atoms with Crippen LogP contribution in [0.1, 0.15) is 51.2 Å². The van der Waals surface area contributed by atoms with Gasteiger partial charge in [0.15, 0.2) is 0 Å². The number of hydrogen-bond donors (Lipinski definition) is 1. The van der Waals surface area contributed by atoms with Gasteiger partial charge in [0, 0.05) is 10.4 Å². The molecule has 4 nitrogen and oxygen atoms in total. The first-order valence-electron chi connectivity index (χ1n) is 10.3. The first kappa shape index (κ1) is 27.0. The summed E-state index contributed by atoms with van der Waals surface area (Å²) in [5.74, 6) is -4.72. The van der Waals surface area contributed by atoms with Gasteiger partial charge in [0.1, 0.15) is 0 Å². The van der Waals surface area contributed by atoms with Gasteiger partial charge >= 0.3 is 12.1 Å². The predicted molar refractivity (Wildman–Crippen MR) is 124 cm³/mol. The zero-order valence-electron chi connectivity index (χ0n) is 18.7. The lowest BCUT2D eigenvalue weighted by molar-refractivity contribution is -0.178. The van der Waals surface area contributed by atoms with Crippen molar-refractivity contribution in [3.63, 3.8) is 0 Å². The molecule has 0 radical (unpaired) electrons. The van der Waals surface area contributed by atoms with Crippen molar-refractivity contribution in [1.29, 1.82) is 0 Å². The van der Waals surface area contributed by atoms with Crippen molar-refractivity contribution in [3.05, 3.63) is 63.6 Å². The minimum absolute atomic E-state index is 0.0777. The lowest BCUT2D eigenvalue weighted by Crippen LogP contribution is -2.34. The molecule has 0 saturated heterocycles. The van der Waals surface area contributed by atoms with E-state index in [0.717, 1.165) is 6.92 Å². The number of carbonyl (C=O) groups excluding carboxylic acids is 2. The number of nitrogens with one attached hydrogen (secondary N) is 1. The van der Waals surface area contributed by atoms with E-state index in [0.29, 0.717) is 10.6 Å². The van der Waals surface area contributed by atoms with E-state index >= 15 is 0 Å². The Morgan fingerprint density at radius 1 is 1.06 bits per heavy atom. The topological polar surface area (TPSA) is 55.4 Å². The van der Waals surface area contributed by atoms with E-state index in [2.05, 4.69) is 5.32 Å². The van der Waals surface area contributed by atoms with Gasteiger partial charge in [-0.1, -0.05) is 62.2 Å². The zero-order valence-corrected chi connectivity index (χ0v) is 20.2. The molecule has 2 unspecified atom stereocenters. The van der Waals surface area contributed by atoms with Crippen LogP contribution in [0.15, 0.2) is 42.5 Å². The van der Waals surface area contributed by atoms with Gasteiger partial charge in [-0.15, -0.1) is 0 Å². The Morgan fingerprint density at radius 3 is 2.21 bits per heavy atom. The number of alkyl halides is 3. The van der Waals surface area contributed by atoms with E-state index < -0.39 is 29.3 Å². The molecule has 1 amide bonds. The van der Waals surface area contributed by atoms with Crippen LogP contribution >= 0.6 is 23.2 Å². The van der Waals surface area contributed by atoms with Gasteiger partial charge in [0.25, 0.3) is 0 Å². The monoisotopic (exact) mass is 503 g/mol. The van der Waals surface area contributed by atoms with Crippen LogP contribution in [0.5, 0.6) is 0 Å². The Bertz CT molecular complexity index is 991. The van der Waals surface area contributed by atoms with Gasteiger partial charge in [-0.2, -0.15) is 13.2 Å². The zero-order chi connectivity index (χ0) is 25.0. The molecule has 0 aromatic heterocycles. The molecular formula is C24H26Cl2F3NO3.